The lowest BCUT2D eigenvalue weighted by Crippen LogP contribution is -2.22. The molecule has 0 spiro atoms. The zero-order valence-corrected chi connectivity index (χ0v) is 12.7. The highest BCUT2D eigenvalue weighted by Gasteiger charge is 2.17. The minimum atomic E-state index is -0.353. The van der Waals surface area contributed by atoms with E-state index in [2.05, 4.69) is 26.2 Å². The molecule has 2 aromatic rings. The van der Waals surface area contributed by atoms with Crippen LogP contribution in [0.5, 0.6) is 0 Å². The van der Waals surface area contributed by atoms with Gasteiger partial charge in [-0.25, -0.2) is 4.39 Å². The average molecular weight is 344 g/mol. The van der Waals surface area contributed by atoms with Crippen molar-refractivity contribution in [2.45, 2.75) is 13.0 Å². The molecule has 100 valence electrons. The predicted octanol–water partition coefficient (Wildman–Crippen LogP) is 4.34. The van der Waals surface area contributed by atoms with Crippen LogP contribution in [0, 0.1) is 5.82 Å². The molecule has 0 aliphatic carbocycles. The first kappa shape index (κ1) is 14.4. The summed E-state index contributed by atoms with van der Waals surface area (Å²) in [4.78, 5) is 3.89. The highest BCUT2D eigenvalue weighted by atomic mass is 79.9. The summed E-state index contributed by atoms with van der Waals surface area (Å²) in [6, 6.07) is 6.96. The Hall–Kier alpha value is -0.970. The van der Waals surface area contributed by atoms with Crippen LogP contribution >= 0.6 is 27.5 Å². The van der Waals surface area contributed by atoms with Gasteiger partial charge in [-0.2, -0.15) is 0 Å². The predicted molar refractivity (Wildman–Crippen MR) is 78.9 cm³/mol. The number of halogens is 3. The first-order valence-electron chi connectivity index (χ1n) is 5.90. The number of nitrogens with one attached hydrogen (secondary N) is 1. The zero-order chi connectivity index (χ0) is 13.8. The van der Waals surface area contributed by atoms with E-state index in [4.69, 9.17) is 11.6 Å². The van der Waals surface area contributed by atoms with Gasteiger partial charge in [-0.05, 0) is 35.9 Å². The Morgan fingerprint density at radius 2 is 2.16 bits per heavy atom. The maximum atomic E-state index is 13.3. The first-order chi connectivity index (χ1) is 9.11. The Labute approximate surface area is 125 Å². The van der Waals surface area contributed by atoms with Crippen molar-refractivity contribution in [3.05, 3.63) is 63.1 Å². The summed E-state index contributed by atoms with van der Waals surface area (Å²) in [5, 5.41) is 3.93. The molecule has 1 atom stereocenters. The normalized spacial score (nSPS) is 12.4. The van der Waals surface area contributed by atoms with Gasteiger partial charge in [-0.1, -0.05) is 40.5 Å². The molecule has 1 heterocycles. The lowest BCUT2D eigenvalue weighted by Gasteiger charge is -2.20. The summed E-state index contributed by atoms with van der Waals surface area (Å²) in [5.41, 5.74) is 1.66. The number of aromatic nitrogens is 1. The van der Waals surface area contributed by atoms with Gasteiger partial charge in [0, 0.05) is 15.7 Å². The van der Waals surface area contributed by atoms with Crippen molar-refractivity contribution in [2.24, 2.45) is 0 Å². The van der Waals surface area contributed by atoms with Crippen LogP contribution in [-0.2, 0) is 0 Å². The Balaban J connectivity index is 2.45. The maximum Gasteiger partial charge on any atom is 0.141 e. The molecule has 0 radical (unpaired) electrons. The third-order valence-corrected chi connectivity index (χ3v) is 3.56. The van der Waals surface area contributed by atoms with E-state index >= 15 is 0 Å². The molecule has 0 bridgehead atoms. The molecule has 1 N–H and O–H groups in total. The van der Waals surface area contributed by atoms with Crippen molar-refractivity contribution in [1.29, 1.82) is 0 Å². The summed E-state index contributed by atoms with van der Waals surface area (Å²) in [6.45, 7) is 2.74. The molecule has 2 rings (SSSR count). The molecule has 1 unspecified atom stereocenters. The lowest BCUT2D eigenvalue weighted by atomic mass is 10.00. The molecule has 0 amide bonds. The van der Waals surface area contributed by atoms with Gasteiger partial charge >= 0.3 is 0 Å². The highest BCUT2D eigenvalue weighted by Crippen LogP contribution is 2.30. The summed E-state index contributed by atoms with van der Waals surface area (Å²) in [7, 11) is 0. The van der Waals surface area contributed by atoms with Crippen molar-refractivity contribution < 1.29 is 4.39 Å². The van der Waals surface area contributed by atoms with Gasteiger partial charge in [0.25, 0.3) is 0 Å². The van der Waals surface area contributed by atoms with E-state index in [1.807, 2.05) is 25.1 Å². The minimum Gasteiger partial charge on any atom is -0.306 e. The third kappa shape index (κ3) is 3.53. The van der Waals surface area contributed by atoms with Crippen LogP contribution in [0.15, 0.2) is 41.1 Å². The molecule has 0 aliphatic heterocycles. The monoisotopic (exact) mass is 342 g/mol. The summed E-state index contributed by atoms with van der Waals surface area (Å²) >= 11 is 9.64. The largest absolute Gasteiger partial charge is 0.306 e. The summed E-state index contributed by atoms with van der Waals surface area (Å²) < 4.78 is 14.2. The fourth-order valence-corrected chi connectivity index (χ4v) is 2.72. The van der Waals surface area contributed by atoms with E-state index < -0.39 is 0 Å². The molecule has 0 fully saturated rings. The Kier molecular flexibility index (Phi) is 4.91. The molecule has 0 aliphatic rings. The van der Waals surface area contributed by atoms with Gasteiger partial charge in [0.2, 0.25) is 0 Å². The standard InChI is InChI=1S/C14H13BrClFN2/c1-2-19-14(9-5-11(17)8-18-7-9)12-4-3-10(15)6-13(12)16/h3-8,14,19H,2H2,1H3. The van der Waals surface area contributed by atoms with Crippen LogP contribution in [0.3, 0.4) is 0 Å². The zero-order valence-electron chi connectivity index (χ0n) is 10.3. The van der Waals surface area contributed by atoms with Crippen molar-refractivity contribution in [3.63, 3.8) is 0 Å². The highest BCUT2D eigenvalue weighted by molar-refractivity contribution is 9.10. The van der Waals surface area contributed by atoms with E-state index in [0.717, 1.165) is 22.1 Å². The number of pyridine rings is 1. The number of hydrogen-bond donors (Lipinski definition) is 1. The number of hydrogen-bond acceptors (Lipinski definition) is 2. The Morgan fingerprint density at radius 3 is 2.79 bits per heavy atom. The summed E-state index contributed by atoms with van der Waals surface area (Å²) in [5.74, 6) is -0.353. The fourth-order valence-electron chi connectivity index (χ4n) is 1.93. The van der Waals surface area contributed by atoms with Gasteiger partial charge in [-0.3, -0.25) is 4.98 Å². The number of nitrogens with zero attached hydrogens (tertiary/aromatic N) is 1. The number of benzene rings is 1. The maximum absolute atomic E-state index is 13.3. The van der Waals surface area contributed by atoms with Crippen LogP contribution in [0.2, 0.25) is 5.02 Å². The van der Waals surface area contributed by atoms with Crippen molar-refractivity contribution in [3.8, 4) is 0 Å². The molecular weight excluding hydrogens is 331 g/mol. The molecule has 0 saturated carbocycles. The van der Waals surface area contributed by atoms with Crippen LogP contribution in [0.1, 0.15) is 24.1 Å². The molecule has 1 aromatic heterocycles. The Bertz CT molecular complexity index is 577. The van der Waals surface area contributed by atoms with Gasteiger partial charge in [0.15, 0.2) is 0 Å². The van der Waals surface area contributed by atoms with Crippen molar-refractivity contribution in [2.75, 3.05) is 6.54 Å². The molecular formula is C14H13BrClFN2. The second kappa shape index (κ2) is 6.46. The topological polar surface area (TPSA) is 24.9 Å². The quantitative estimate of drug-likeness (QED) is 0.893. The average Bonchev–Trinajstić information content (AvgIpc) is 2.37. The molecule has 5 heteroatoms. The smallest absolute Gasteiger partial charge is 0.141 e. The molecule has 2 nitrogen and oxygen atoms in total. The molecule has 0 saturated heterocycles. The van der Waals surface area contributed by atoms with Crippen molar-refractivity contribution in [1.82, 2.24) is 10.3 Å². The van der Waals surface area contributed by atoms with Gasteiger partial charge in [0.1, 0.15) is 5.82 Å². The second-order valence-corrected chi connectivity index (χ2v) is 5.42. The minimum absolute atomic E-state index is 0.172. The van der Waals surface area contributed by atoms with Crippen LogP contribution in [0.4, 0.5) is 4.39 Å². The van der Waals surface area contributed by atoms with Crippen LogP contribution in [0.25, 0.3) is 0 Å². The fraction of sp³-hybridized carbons (Fsp3) is 0.214. The van der Waals surface area contributed by atoms with Crippen LogP contribution in [-0.4, -0.2) is 11.5 Å². The van der Waals surface area contributed by atoms with Crippen LogP contribution < -0.4 is 5.32 Å². The van der Waals surface area contributed by atoms with E-state index in [9.17, 15) is 4.39 Å². The van der Waals surface area contributed by atoms with Gasteiger partial charge in [0.05, 0.1) is 12.2 Å². The lowest BCUT2D eigenvalue weighted by molar-refractivity contribution is 0.596. The number of rotatable bonds is 4. The van der Waals surface area contributed by atoms with Gasteiger partial charge < -0.3 is 5.32 Å². The second-order valence-electron chi connectivity index (χ2n) is 4.09. The Morgan fingerprint density at radius 1 is 1.37 bits per heavy atom. The molecule has 19 heavy (non-hydrogen) atoms. The SMILES string of the molecule is CCNC(c1cncc(F)c1)c1ccc(Br)cc1Cl. The van der Waals surface area contributed by atoms with E-state index in [0.29, 0.717) is 5.02 Å². The third-order valence-electron chi connectivity index (χ3n) is 2.74. The van der Waals surface area contributed by atoms with Gasteiger partial charge in [-0.15, -0.1) is 0 Å². The molecule has 1 aromatic carbocycles. The van der Waals surface area contributed by atoms with E-state index in [1.165, 1.54) is 12.3 Å². The van der Waals surface area contributed by atoms with E-state index in [1.54, 1.807) is 6.20 Å². The summed E-state index contributed by atoms with van der Waals surface area (Å²) in [6.07, 6.45) is 2.84. The van der Waals surface area contributed by atoms with E-state index in [-0.39, 0.29) is 11.9 Å². The first-order valence-corrected chi connectivity index (χ1v) is 7.07. The van der Waals surface area contributed by atoms with Crippen molar-refractivity contribution >= 4 is 27.5 Å².